The molecule has 0 saturated heterocycles. The van der Waals surface area contributed by atoms with Gasteiger partial charge in [0.2, 0.25) is 5.91 Å². The van der Waals surface area contributed by atoms with E-state index in [9.17, 15) is 14.4 Å². The summed E-state index contributed by atoms with van der Waals surface area (Å²) < 4.78 is 0. The van der Waals surface area contributed by atoms with Gasteiger partial charge in [-0.15, -0.1) is 0 Å². The fraction of sp³-hybridized carbons (Fsp3) is 0.286. The number of carbonyl (C=O) groups excluding carboxylic acids is 3. The third-order valence-electron chi connectivity index (χ3n) is 2.77. The lowest BCUT2D eigenvalue weighted by Gasteiger charge is -2.06. The molecule has 1 aliphatic rings. The Kier molecular flexibility index (Phi) is 4.34. The molecule has 2 amide bonds. The number of rotatable bonds is 3. The number of hydrogen-bond donors (Lipinski definition) is 1. The number of Topliss-reactive ketones (excluding diaryl/α,β-unsaturated/α-hetero) is 1. The molecule has 104 valence electrons. The Morgan fingerprint density at radius 1 is 1.30 bits per heavy atom. The van der Waals surface area contributed by atoms with E-state index >= 15 is 0 Å². The molecule has 0 spiro atoms. The molecule has 1 aromatic carbocycles. The second-order valence-corrected chi connectivity index (χ2v) is 5.73. The van der Waals surface area contributed by atoms with Gasteiger partial charge in [-0.1, -0.05) is 41.6 Å². The van der Waals surface area contributed by atoms with Crippen LogP contribution >= 0.6 is 11.8 Å². The molecule has 1 heterocycles. The van der Waals surface area contributed by atoms with E-state index in [-0.39, 0.29) is 29.2 Å². The molecule has 0 saturated carbocycles. The monoisotopic (exact) mass is 290 g/mol. The van der Waals surface area contributed by atoms with E-state index in [0.29, 0.717) is 5.56 Å². The van der Waals surface area contributed by atoms with Gasteiger partial charge in [0.1, 0.15) is 5.25 Å². The van der Waals surface area contributed by atoms with Crippen molar-refractivity contribution in [2.75, 3.05) is 0 Å². The van der Waals surface area contributed by atoms with Crippen molar-refractivity contribution in [3.05, 3.63) is 35.4 Å². The number of thioether (sulfide) groups is 1. The molecule has 0 aromatic heterocycles. The second kappa shape index (κ2) is 6.00. The maximum absolute atomic E-state index is 12.1. The molecule has 1 aliphatic heterocycles. The van der Waals surface area contributed by atoms with E-state index in [4.69, 9.17) is 0 Å². The SMILES string of the molecule is CC(=O)NC1=NC(=O)C(CC(=O)c2ccc(C)cc2)S1. The average Bonchev–Trinajstić information content (AvgIpc) is 2.69. The largest absolute Gasteiger partial charge is 0.305 e. The molecule has 0 aliphatic carbocycles. The number of nitrogens with zero attached hydrogens (tertiary/aromatic N) is 1. The molecular formula is C14H14N2O3S. The normalized spacial score (nSPS) is 17.8. The molecule has 0 fully saturated rings. The van der Waals surface area contributed by atoms with Crippen molar-refractivity contribution in [1.82, 2.24) is 5.32 Å². The Morgan fingerprint density at radius 2 is 1.95 bits per heavy atom. The Morgan fingerprint density at radius 3 is 2.55 bits per heavy atom. The highest BCUT2D eigenvalue weighted by atomic mass is 32.2. The van der Waals surface area contributed by atoms with Crippen LogP contribution in [0.3, 0.4) is 0 Å². The maximum atomic E-state index is 12.1. The summed E-state index contributed by atoms with van der Waals surface area (Å²) in [6.45, 7) is 3.29. The van der Waals surface area contributed by atoms with Gasteiger partial charge in [0.25, 0.3) is 5.91 Å². The van der Waals surface area contributed by atoms with E-state index in [1.54, 1.807) is 12.1 Å². The summed E-state index contributed by atoms with van der Waals surface area (Å²) in [5.41, 5.74) is 1.65. The first kappa shape index (κ1) is 14.5. The zero-order chi connectivity index (χ0) is 14.7. The fourth-order valence-corrected chi connectivity index (χ4v) is 2.75. The van der Waals surface area contributed by atoms with Crippen molar-refractivity contribution in [2.24, 2.45) is 4.99 Å². The average molecular weight is 290 g/mol. The molecule has 1 atom stereocenters. The van der Waals surface area contributed by atoms with E-state index in [1.807, 2.05) is 19.1 Å². The Balaban J connectivity index is 1.98. The predicted molar refractivity (Wildman–Crippen MR) is 77.8 cm³/mol. The lowest BCUT2D eigenvalue weighted by atomic mass is 10.0. The summed E-state index contributed by atoms with van der Waals surface area (Å²) in [7, 11) is 0. The first-order chi connectivity index (χ1) is 9.45. The van der Waals surface area contributed by atoms with Crippen LogP contribution in [-0.2, 0) is 9.59 Å². The topological polar surface area (TPSA) is 75.6 Å². The minimum atomic E-state index is -0.550. The minimum absolute atomic E-state index is 0.0825. The number of hydrogen-bond acceptors (Lipinski definition) is 4. The van der Waals surface area contributed by atoms with Crippen LogP contribution in [0.5, 0.6) is 0 Å². The number of amidine groups is 1. The molecule has 1 aromatic rings. The van der Waals surface area contributed by atoms with Crippen molar-refractivity contribution < 1.29 is 14.4 Å². The Labute approximate surface area is 120 Å². The van der Waals surface area contributed by atoms with Crippen molar-refractivity contribution in [3.63, 3.8) is 0 Å². The molecule has 0 bridgehead atoms. The molecule has 1 N–H and O–H groups in total. The van der Waals surface area contributed by atoms with Crippen LogP contribution in [0, 0.1) is 6.92 Å². The Hall–Kier alpha value is -1.95. The molecule has 5 nitrogen and oxygen atoms in total. The summed E-state index contributed by atoms with van der Waals surface area (Å²) in [5, 5.41) is 2.18. The summed E-state index contributed by atoms with van der Waals surface area (Å²) in [5.74, 6) is -0.760. The highest BCUT2D eigenvalue weighted by Gasteiger charge is 2.31. The van der Waals surface area contributed by atoms with Gasteiger partial charge in [0, 0.05) is 18.9 Å². The van der Waals surface area contributed by atoms with E-state index in [0.717, 1.165) is 17.3 Å². The summed E-state index contributed by atoms with van der Waals surface area (Å²) >= 11 is 1.12. The number of benzene rings is 1. The lowest BCUT2D eigenvalue weighted by Crippen LogP contribution is -2.24. The van der Waals surface area contributed by atoms with Crippen molar-refractivity contribution in [2.45, 2.75) is 25.5 Å². The number of nitrogens with one attached hydrogen (secondary N) is 1. The summed E-state index contributed by atoms with van der Waals surface area (Å²) in [6.07, 6.45) is 0.0825. The smallest absolute Gasteiger partial charge is 0.262 e. The first-order valence-electron chi connectivity index (χ1n) is 6.12. The van der Waals surface area contributed by atoms with Crippen LogP contribution in [0.2, 0.25) is 0 Å². The van der Waals surface area contributed by atoms with Crippen molar-refractivity contribution in [3.8, 4) is 0 Å². The predicted octanol–water partition coefficient (Wildman–Crippen LogP) is 1.70. The number of aliphatic imine (C=N–C) groups is 1. The van der Waals surface area contributed by atoms with Gasteiger partial charge in [-0.3, -0.25) is 14.4 Å². The maximum Gasteiger partial charge on any atom is 0.262 e. The number of amides is 2. The number of aryl methyl sites for hydroxylation is 1. The van der Waals surface area contributed by atoms with Crippen LogP contribution in [0.4, 0.5) is 0 Å². The van der Waals surface area contributed by atoms with Gasteiger partial charge in [-0.2, -0.15) is 4.99 Å². The Bertz CT molecular complexity index is 593. The molecule has 20 heavy (non-hydrogen) atoms. The van der Waals surface area contributed by atoms with Crippen LogP contribution in [-0.4, -0.2) is 28.0 Å². The van der Waals surface area contributed by atoms with Crippen LogP contribution in [0.1, 0.15) is 29.3 Å². The van der Waals surface area contributed by atoms with Gasteiger partial charge in [-0.05, 0) is 6.92 Å². The van der Waals surface area contributed by atoms with Gasteiger partial charge in [0.05, 0.1) is 0 Å². The second-order valence-electron chi connectivity index (χ2n) is 4.54. The fourth-order valence-electron chi connectivity index (χ4n) is 1.75. The third-order valence-corrected chi connectivity index (χ3v) is 3.84. The van der Waals surface area contributed by atoms with Gasteiger partial charge in [0.15, 0.2) is 11.0 Å². The van der Waals surface area contributed by atoms with Crippen LogP contribution in [0.25, 0.3) is 0 Å². The standard InChI is InChI=1S/C14H14N2O3S/c1-8-3-5-10(6-4-8)11(18)7-12-13(19)16-14(20-12)15-9(2)17/h3-6,12H,7H2,1-2H3,(H,15,16,17,19). The molecule has 2 rings (SSSR count). The zero-order valence-electron chi connectivity index (χ0n) is 11.2. The number of ketones is 1. The number of carbonyl (C=O) groups is 3. The third kappa shape index (κ3) is 3.54. The van der Waals surface area contributed by atoms with E-state index in [1.165, 1.54) is 6.92 Å². The van der Waals surface area contributed by atoms with Crippen LogP contribution in [0.15, 0.2) is 29.3 Å². The highest BCUT2D eigenvalue weighted by molar-refractivity contribution is 8.15. The zero-order valence-corrected chi connectivity index (χ0v) is 12.0. The molecule has 0 radical (unpaired) electrons. The molecule has 1 unspecified atom stereocenters. The molecule has 6 heteroatoms. The van der Waals surface area contributed by atoms with Gasteiger partial charge >= 0.3 is 0 Å². The van der Waals surface area contributed by atoms with Crippen LogP contribution < -0.4 is 5.32 Å². The summed E-state index contributed by atoms with van der Waals surface area (Å²) in [4.78, 5) is 38.4. The van der Waals surface area contributed by atoms with Gasteiger partial charge in [-0.25, -0.2) is 0 Å². The van der Waals surface area contributed by atoms with Gasteiger partial charge < -0.3 is 5.32 Å². The van der Waals surface area contributed by atoms with E-state index in [2.05, 4.69) is 10.3 Å². The minimum Gasteiger partial charge on any atom is -0.305 e. The van der Waals surface area contributed by atoms with Crippen molar-refractivity contribution in [1.29, 1.82) is 0 Å². The first-order valence-corrected chi connectivity index (χ1v) is 7.00. The lowest BCUT2D eigenvalue weighted by molar-refractivity contribution is -0.117. The molecular weight excluding hydrogens is 276 g/mol. The van der Waals surface area contributed by atoms with Crippen molar-refractivity contribution >= 4 is 34.5 Å². The summed E-state index contributed by atoms with van der Waals surface area (Å²) in [6, 6.07) is 7.21. The van der Waals surface area contributed by atoms with E-state index < -0.39 is 5.25 Å². The highest BCUT2D eigenvalue weighted by Crippen LogP contribution is 2.25. The quantitative estimate of drug-likeness (QED) is 0.860.